The number of carboxylic acids is 2. The molecule has 0 aliphatic heterocycles. The first-order valence-electron chi connectivity index (χ1n) is 9.78. The molecule has 29 heavy (non-hydrogen) atoms. The van der Waals surface area contributed by atoms with E-state index in [-0.39, 0.29) is 51.0 Å². The normalized spacial score (nSPS) is 10.8. The smallest absolute Gasteiger partial charge is 0.549 e. The molecule has 2 N–H and O–H groups in total. The first kappa shape index (κ1) is 38.7. The zero-order chi connectivity index (χ0) is 23.1. The summed E-state index contributed by atoms with van der Waals surface area (Å²) in [5, 5.41) is 35.8. The summed E-state index contributed by atoms with van der Waals surface area (Å²) in [6, 6.07) is 0. The molecule has 0 aromatic heterocycles. The molecule has 0 spiro atoms. The molecule has 0 aliphatic rings. The Balaban J connectivity index is -0.000000101. The maximum absolute atomic E-state index is 11.0. The molecular formula is C20H38O8Zr. The van der Waals surface area contributed by atoms with Gasteiger partial charge in [0.2, 0.25) is 0 Å². The molecule has 9 heteroatoms. The monoisotopic (exact) mass is 496 g/mol. The van der Waals surface area contributed by atoms with Gasteiger partial charge in [0, 0.05) is 26.1 Å². The van der Waals surface area contributed by atoms with Crippen molar-refractivity contribution in [3.63, 3.8) is 0 Å². The maximum Gasteiger partial charge on any atom is 2.00 e. The standard InChI is InChI=1S/2C8H14O3.2C2H6O.Zr/c2*1-3-5-7(9)6(4-2)8(10)11;2*1-2-3;/h2*6H,3-5H2,1-2H3,(H,10,11);2*3H,2H2,1H3;/q;;;;+2/p-2. The average Bonchev–Trinajstić information content (AvgIpc) is 2.58. The van der Waals surface area contributed by atoms with Gasteiger partial charge in [0.05, 0.1) is 23.8 Å². The van der Waals surface area contributed by atoms with Gasteiger partial charge in [0.1, 0.15) is 11.6 Å². The van der Waals surface area contributed by atoms with Gasteiger partial charge in [0.25, 0.3) is 0 Å². The van der Waals surface area contributed by atoms with E-state index in [0.29, 0.717) is 38.5 Å². The Bertz CT molecular complexity index is 375. The third kappa shape index (κ3) is 27.1. The molecule has 0 saturated heterocycles. The van der Waals surface area contributed by atoms with Crippen LogP contribution in [0.15, 0.2) is 0 Å². The summed E-state index contributed by atoms with van der Waals surface area (Å²) in [5.41, 5.74) is 0. The second kappa shape index (κ2) is 29.3. The molecule has 0 aromatic carbocycles. The van der Waals surface area contributed by atoms with Crippen molar-refractivity contribution < 1.29 is 65.8 Å². The predicted molar refractivity (Wildman–Crippen MR) is 103 cm³/mol. The van der Waals surface area contributed by atoms with Crippen LogP contribution < -0.4 is 10.2 Å². The van der Waals surface area contributed by atoms with E-state index in [1.54, 1.807) is 27.7 Å². The Morgan fingerprint density at radius 3 is 0.966 bits per heavy atom. The summed E-state index contributed by atoms with van der Waals surface area (Å²) in [5.74, 6) is -4.70. The Hall–Kier alpha value is -0.917. The quantitative estimate of drug-likeness (QED) is 0.407. The van der Waals surface area contributed by atoms with E-state index in [4.69, 9.17) is 10.2 Å². The van der Waals surface area contributed by atoms with Crippen LogP contribution in [-0.2, 0) is 45.4 Å². The van der Waals surface area contributed by atoms with Gasteiger partial charge in [-0.2, -0.15) is 0 Å². The van der Waals surface area contributed by atoms with Gasteiger partial charge in [-0.15, -0.1) is 0 Å². The third-order valence-corrected chi connectivity index (χ3v) is 3.16. The molecule has 0 saturated carbocycles. The van der Waals surface area contributed by atoms with Gasteiger partial charge in [-0.05, 0) is 39.5 Å². The topological polar surface area (TPSA) is 155 Å². The number of carbonyl (C=O) groups excluding carboxylic acids is 4. The van der Waals surface area contributed by atoms with E-state index in [9.17, 15) is 29.4 Å². The number of rotatable bonds is 10. The van der Waals surface area contributed by atoms with Crippen molar-refractivity contribution in [2.75, 3.05) is 13.2 Å². The van der Waals surface area contributed by atoms with Crippen molar-refractivity contribution in [3.8, 4) is 0 Å². The number of Topliss-reactive ketones (excluding diaryl/α,β-unsaturated/α-hetero) is 2. The second-order valence-electron chi connectivity index (χ2n) is 5.62. The zero-order valence-corrected chi connectivity index (χ0v) is 21.1. The van der Waals surface area contributed by atoms with E-state index >= 15 is 0 Å². The summed E-state index contributed by atoms with van der Waals surface area (Å²) in [6.07, 6.45) is 2.74. The van der Waals surface area contributed by atoms with Crippen molar-refractivity contribution in [2.45, 2.75) is 80.1 Å². The van der Waals surface area contributed by atoms with E-state index in [2.05, 4.69) is 0 Å². The number of carbonyl (C=O) groups is 4. The van der Waals surface area contributed by atoms with Crippen LogP contribution in [0.3, 0.4) is 0 Å². The Kier molecular flexibility index (Phi) is 39.0. The Labute approximate surface area is 194 Å². The molecule has 8 nitrogen and oxygen atoms in total. The molecule has 2 unspecified atom stereocenters. The number of carboxylic acid groups (broad SMARTS) is 2. The molecule has 170 valence electrons. The molecule has 0 fully saturated rings. The number of aliphatic carboxylic acids is 2. The SMILES string of the molecule is CCCC(=O)C(CC)C(=O)[O-].CCCC(=O)C(CC)C(=O)[O-].CCO.CCO.[Zr+2]. The van der Waals surface area contributed by atoms with Crippen LogP contribution in [0.1, 0.15) is 80.1 Å². The molecular weight excluding hydrogens is 459 g/mol. The van der Waals surface area contributed by atoms with Gasteiger partial charge in [0.15, 0.2) is 0 Å². The van der Waals surface area contributed by atoms with Crippen molar-refractivity contribution in [2.24, 2.45) is 11.8 Å². The summed E-state index contributed by atoms with van der Waals surface area (Å²) < 4.78 is 0. The van der Waals surface area contributed by atoms with Crippen molar-refractivity contribution in [1.82, 2.24) is 0 Å². The van der Waals surface area contributed by atoms with Crippen LogP contribution in [0.2, 0.25) is 0 Å². The average molecular weight is 498 g/mol. The van der Waals surface area contributed by atoms with Gasteiger partial charge in [-0.3, -0.25) is 9.59 Å². The van der Waals surface area contributed by atoms with Gasteiger partial charge < -0.3 is 30.0 Å². The number of hydrogen-bond donors (Lipinski definition) is 2. The molecule has 0 rings (SSSR count). The molecule has 2 atom stereocenters. The third-order valence-electron chi connectivity index (χ3n) is 3.16. The van der Waals surface area contributed by atoms with Crippen LogP contribution in [0.4, 0.5) is 0 Å². The fraction of sp³-hybridized carbons (Fsp3) is 0.800. The van der Waals surface area contributed by atoms with Gasteiger partial charge in [-0.25, -0.2) is 0 Å². The van der Waals surface area contributed by atoms with Gasteiger partial charge in [-0.1, -0.05) is 27.7 Å². The van der Waals surface area contributed by atoms with E-state index in [1.807, 2.05) is 13.8 Å². The number of aliphatic hydroxyl groups is 2. The summed E-state index contributed by atoms with van der Waals surface area (Å²) >= 11 is 0. The van der Waals surface area contributed by atoms with Gasteiger partial charge >= 0.3 is 26.2 Å². The van der Waals surface area contributed by atoms with Crippen LogP contribution >= 0.6 is 0 Å². The van der Waals surface area contributed by atoms with Crippen molar-refractivity contribution in [3.05, 3.63) is 0 Å². The number of hydrogen-bond acceptors (Lipinski definition) is 8. The molecule has 0 heterocycles. The summed E-state index contributed by atoms with van der Waals surface area (Å²) in [6.45, 7) is 10.9. The minimum atomic E-state index is -1.24. The van der Waals surface area contributed by atoms with E-state index in [1.165, 1.54) is 0 Å². The zero-order valence-electron chi connectivity index (χ0n) is 18.7. The van der Waals surface area contributed by atoms with E-state index < -0.39 is 23.8 Å². The molecule has 0 aliphatic carbocycles. The Morgan fingerprint density at radius 2 is 0.862 bits per heavy atom. The van der Waals surface area contributed by atoms with Crippen molar-refractivity contribution in [1.29, 1.82) is 0 Å². The summed E-state index contributed by atoms with van der Waals surface area (Å²) in [4.78, 5) is 42.6. The van der Waals surface area contributed by atoms with Crippen LogP contribution in [-0.4, -0.2) is 46.9 Å². The molecule has 0 bridgehead atoms. The fourth-order valence-electron chi connectivity index (χ4n) is 1.89. The Morgan fingerprint density at radius 1 is 0.655 bits per heavy atom. The summed E-state index contributed by atoms with van der Waals surface area (Å²) in [7, 11) is 0. The van der Waals surface area contributed by atoms with Crippen LogP contribution in [0.5, 0.6) is 0 Å². The van der Waals surface area contributed by atoms with Crippen molar-refractivity contribution >= 4 is 23.5 Å². The maximum atomic E-state index is 11.0. The first-order chi connectivity index (χ1) is 13.1. The van der Waals surface area contributed by atoms with E-state index in [0.717, 1.165) is 0 Å². The predicted octanol–water partition coefficient (Wildman–Crippen LogP) is 0.258. The largest absolute Gasteiger partial charge is 2.00 e. The molecule has 0 amide bonds. The van der Waals surface area contributed by atoms with Crippen LogP contribution in [0, 0.1) is 11.8 Å². The molecule has 0 aromatic rings. The fourth-order valence-corrected chi connectivity index (χ4v) is 1.89. The minimum Gasteiger partial charge on any atom is -0.549 e. The second-order valence-corrected chi connectivity index (χ2v) is 5.62. The minimum absolute atomic E-state index is 0. The number of aliphatic hydroxyl groups excluding tert-OH is 2. The number of ketones is 2. The first-order valence-corrected chi connectivity index (χ1v) is 9.78. The molecule has 0 radical (unpaired) electrons. The van der Waals surface area contributed by atoms with Crippen LogP contribution in [0.25, 0.3) is 0 Å².